The van der Waals surface area contributed by atoms with Crippen molar-refractivity contribution < 1.29 is 4.74 Å². The van der Waals surface area contributed by atoms with Crippen molar-refractivity contribution >= 4 is 0 Å². The second kappa shape index (κ2) is 0.873. The van der Waals surface area contributed by atoms with Gasteiger partial charge in [-0.3, -0.25) is 0 Å². The lowest BCUT2D eigenvalue weighted by atomic mass is 10.1. The summed E-state index contributed by atoms with van der Waals surface area (Å²) in [6, 6.07) is 0. The summed E-state index contributed by atoms with van der Waals surface area (Å²) in [6.45, 7) is 3.33. The van der Waals surface area contributed by atoms with Crippen molar-refractivity contribution in [2.45, 2.75) is 25.9 Å². The van der Waals surface area contributed by atoms with Gasteiger partial charge in [-0.1, -0.05) is 6.92 Å². The van der Waals surface area contributed by atoms with Crippen LogP contribution in [0.3, 0.4) is 0 Å². The lowest BCUT2D eigenvalue weighted by Gasteiger charge is -1.93. The Bertz CT molecular complexity index is 98.4. The van der Waals surface area contributed by atoms with Gasteiger partial charge < -0.3 is 4.74 Å². The van der Waals surface area contributed by atoms with Crippen LogP contribution >= 0.6 is 0 Å². The Hall–Kier alpha value is -0.0400. The van der Waals surface area contributed by atoms with Gasteiger partial charge in [-0.2, -0.15) is 0 Å². The van der Waals surface area contributed by atoms with E-state index in [-0.39, 0.29) is 0 Å². The van der Waals surface area contributed by atoms with Crippen LogP contribution in [0.1, 0.15) is 19.8 Å². The average molecular weight is 98.1 g/mol. The van der Waals surface area contributed by atoms with Crippen molar-refractivity contribution in [1.82, 2.24) is 0 Å². The summed E-state index contributed by atoms with van der Waals surface area (Å²) in [7, 11) is 0. The van der Waals surface area contributed by atoms with Gasteiger partial charge in [0.15, 0.2) is 0 Å². The fourth-order valence-electron chi connectivity index (χ4n) is 1.32. The minimum absolute atomic E-state index is 0.639. The first kappa shape index (κ1) is 3.90. The molecule has 1 aliphatic carbocycles. The molecule has 2 fully saturated rings. The summed E-state index contributed by atoms with van der Waals surface area (Å²) in [4.78, 5) is 0. The summed E-state index contributed by atoms with van der Waals surface area (Å²) < 4.78 is 5.33. The predicted molar refractivity (Wildman–Crippen MR) is 27.1 cm³/mol. The molecular formula is C6H10O. The van der Waals surface area contributed by atoms with Crippen molar-refractivity contribution in [3.05, 3.63) is 0 Å². The van der Waals surface area contributed by atoms with E-state index >= 15 is 0 Å². The second-order valence-corrected chi connectivity index (χ2v) is 2.97. The van der Waals surface area contributed by atoms with Crippen LogP contribution in [-0.2, 0) is 4.74 Å². The highest BCUT2D eigenvalue weighted by atomic mass is 16.5. The van der Waals surface area contributed by atoms with E-state index in [4.69, 9.17) is 4.74 Å². The molecule has 0 amide bonds. The fraction of sp³-hybridized carbons (Fsp3) is 1.00. The molecule has 0 radical (unpaired) electrons. The topological polar surface area (TPSA) is 9.23 Å². The Kier molecular flexibility index (Phi) is 0.487. The third kappa shape index (κ3) is 0.367. The first-order valence-electron chi connectivity index (χ1n) is 2.93. The highest BCUT2D eigenvalue weighted by Gasteiger charge is 2.54. The first-order valence-corrected chi connectivity index (χ1v) is 2.93. The molecule has 1 aliphatic heterocycles. The van der Waals surface area contributed by atoms with E-state index in [0.717, 1.165) is 6.61 Å². The van der Waals surface area contributed by atoms with Gasteiger partial charge in [0, 0.05) is 6.61 Å². The van der Waals surface area contributed by atoms with Crippen LogP contribution in [0.4, 0.5) is 0 Å². The molecule has 0 unspecified atom stereocenters. The van der Waals surface area contributed by atoms with Crippen molar-refractivity contribution in [1.29, 1.82) is 0 Å². The van der Waals surface area contributed by atoms with Crippen molar-refractivity contribution in [3.8, 4) is 0 Å². The molecule has 0 bridgehead atoms. The molecular weight excluding hydrogens is 88.1 g/mol. The SMILES string of the molecule is C[C@@]12CCO[C@@H]1C2. The minimum Gasteiger partial charge on any atom is -0.378 e. The summed E-state index contributed by atoms with van der Waals surface area (Å²) in [6.07, 6.45) is 3.29. The molecule has 0 aromatic rings. The molecule has 2 atom stereocenters. The normalized spacial score (nSPS) is 57.0. The van der Waals surface area contributed by atoms with E-state index < -0.39 is 0 Å². The average Bonchev–Trinajstić information content (AvgIpc) is 2.09. The highest BCUT2D eigenvalue weighted by molar-refractivity contribution is 5.03. The van der Waals surface area contributed by atoms with Crippen LogP contribution in [0.5, 0.6) is 0 Å². The van der Waals surface area contributed by atoms with E-state index in [0.29, 0.717) is 11.5 Å². The smallest absolute Gasteiger partial charge is 0.0636 e. The van der Waals surface area contributed by atoms with Crippen molar-refractivity contribution in [3.63, 3.8) is 0 Å². The van der Waals surface area contributed by atoms with E-state index in [9.17, 15) is 0 Å². The van der Waals surface area contributed by atoms with E-state index in [1.54, 1.807) is 0 Å². The number of ether oxygens (including phenoxy) is 1. The standard InChI is InChI=1S/C6H10O/c1-6-2-3-7-5(6)4-6/h5H,2-4H2,1H3/t5-,6+/m1/s1. The van der Waals surface area contributed by atoms with Crippen LogP contribution in [-0.4, -0.2) is 12.7 Å². The molecule has 1 heteroatoms. The zero-order chi connectivity index (χ0) is 4.91. The predicted octanol–water partition coefficient (Wildman–Crippen LogP) is 1.19. The number of rotatable bonds is 0. The van der Waals surface area contributed by atoms with Gasteiger partial charge >= 0.3 is 0 Å². The number of hydrogen-bond donors (Lipinski definition) is 0. The maximum absolute atomic E-state index is 5.33. The zero-order valence-electron chi connectivity index (χ0n) is 4.61. The van der Waals surface area contributed by atoms with Gasteiger partial charge in [0.05, 0.1) is 6.10 Å². The van der Waals surface area contributed by atoms with Crippen LogP contribution in [0.15, 0.2) is 0 Å². The van der Waals surface area contributed by atoms with Gasteiger partial charge in [-0.05, 0) is 18.3 Å². The molecule has 2 rings (SSSR count). The summed E-state index contributed by atoms with van der Waals surface area (Å²) >= 11 is 0. The lowest BCUT2D eigenvalue weighted by molar-refractivity contribution is 0.154. The molecule has 1 saturated heterocycles. The monoisotopic (exact) mass is 98.1 g/mol. The molecule has 1 nitrogen and oxygen atoms in total. The van der Waals surface area contributed by atoms with Gasteiger partial charge in [0.2, 0.25) is 0 Å². The van der Waals surface area contributed by atoms with Crippen LogP contribution in [0.2, 0.25) is 0 Å². The van der Waals surface area contributed by atoms with E-state index in [2.05, 4.69) is 6.92 Å². The Morgan fingerprint density at radius 2 is 2.57 bits per heavy atom. The Balaban J connectivity index is 2.17. The van der Waals surface area contributed by atoms with Crippen LogP contribution < -0.4 is 0 Å². The molecule has 1 heterocycles. The lowest BCUT2D eigenvalue weighted by Crippen LogP contribution is -1.89. The van der Waals surface area contributed by atoms with Gasteiger partial charge in [0.1, 0.15) is 0 Å². The summed E-state index contributed by atoms with van der Waals surface area (Å²) in [5.41, 5.74) is 0.639. The van der Waals surface area contributed by atoms with Crippen LogP contribution in [0.25, 0.3) is 0 Å². The maximum atomic E-state index is 5.33. The number of hydrogen-bond acceptors (Lipinski definition) is 1. The molecule has 0 spiro atoms. The van der Waals surface area contributed by atoms with E-state index in [1.165, 1.54) is 12.8 Å². The number of fused-ring (bicyclic) bond motifs is 1. The third-order valence-electron chi connectivity index (χ3n) is 2.26. The molecule has 0 aromatic heterocycles. The van der Waals surface area contributed by atoms with Gasteiger partial charge in [-0.15, -0.1) is 0 Å². The molecule has 40 valence electrons. The third-order valence-corrected chi connectivity index (χ3v) is 2.26. The van der Waals surface area contributed by atoms with Crippen LogP contribution in [0, 0.1) is 5.41 Å². The van der Waals surface area contributed by atoms with Gasteiger partial charge in [-0.25, -0.2) is 0 Å². The first-order chi connectivity index (χ1) is 3.31. The molecule has 1 saturated carbocycles. The molecule has 7 heavy (non-hydrogen) atoms. The Morgan fingerprint density at radius 3 is 2.71 bits per heavy atom. The fourth-order valence-corrected chi connectivity index (χ4v) is 1.32. The van der Waals surface area contributed by atoms with Crippen molar-refractivity contribution in [2.24, 2.45) is 5.41 Å². The van der Waals surface area contributed by atoms with Crippen molar-refractivity contribution in [2.75, 3.05) is 6.61 Å². The largest absolute Gasteiger partial charge is 0.378 e. The second-order valence-electron chi connectivity index (χ2n) is 2.97. The maximum Gasteiger partial charge on any atom is 0.0636 e. The Labute approximate surface area is 43.7 Å². The minimum atomic E-state index is 0.639. The zero-order valence-corrected chi connectivity index (χ0v) is 4.61. The van der Waals surface area contributed by atoms with E-state index in [1.807, 2.05) is 0 Å². The summed E-state index contributed by atoms with van der Waals surface area (Å²) in [5, 5.41) is 0. The molecule has 0 N–H and O–H groups in total. The summed E-state index contributed by atoms with van der Waals surface area (Å²) in [5.74, 6) is 0. The highest BCUT2D eigenvalue weighted by Crippen LogP contribution is 2.54. The molecule has 2 aliphatic rings. The van der Waals surface area contributed by atoms with Gasteiger partial charge in [0.25, 0.3) is 0 Å². The molecule has 0 aromatic carbocycles. The quantitative estimate of drug-likeness (QED) is 0.442. The Morgan fingerprint density at radius 1 is 1.71 bits per heavy atom.